The number of anilines is 1. The van der Waals surface area contributed by atoms with E-state index in [0.717, 1.165) is 0 Å². The molecule has 0 bridgehead atoms. The average molecular weight is 485 g/mol. The van der Waals surface area contributed by atoms with Crippen LogP contribution in [0, 0.1) is 5.82 Å². The highest BCUT2D eigenvalue weighted by Crippen LogP contribution is 2.19. The zero-order chi connectivity index (χ0) is 24.7. The smallest absolute Gasteiger partial charge is 0.262 e. The largest absolute Gasteiger partial charge is 0.484 e. The van der Waals surface area contributed by atoms with Gasteiger partial charge in [-0.1, -0.05) is 13.8 Å². The van der Waals surface area contributed by atoms with Crippen LogP contribution in [-0.4, -0.2) is 44.1 Å². The van der Waals surface area contributed by atoms with Gasteiger partial charge in [-0.2, -0.15) is 4.31 Å². The second-order valence-corrected chi connectivity index (χ2v) is 9.25. The molecule has 3 aromatic rings. The molecule has 0 heterocycles. The van der Waals surface area contributed by atoms with Crippen LogP contribution in [0.3, 0.4) is 0 Å². The standard InChI is InChI=1S/C25H25FN2O5S/c1-3-28(4-2)34(31,32)23-15-11-21(12-16-23)27-24(29)17-33-22-13-7-19(8-14-22)25(30)18-5-9-20(26)10-6-18/h5-16H,3-4,17H2,1-2H3,(H,27,29). The molecular weight excluding hydrogens is 459 g/mol. The van der Waals surface area contributed by atoms with Crippen LogP contribution >= 0.6 is 0 Å². The summed E-state index contributed by atoms with van der Waals surface area (Å²) < 4.78 is 44.9. The van der Waals surface area contributed by atoms with Crippen LogP contribution in [0.5, 0.6) is 5.75 Å². The lowest BCUT2D eigenvalue weighted by atomic mass is 10.0. The number of hydrogen-bond acceptors (Lipinski definition) is 5. The molecular formula is C25H25FN2O5S. The number of sulfonamides is 1. The lowest BCUT2D eigenvalue weighted by molar-refractivity contribution is -0.118. The van der Waals surface area contributed by atoms with Gasteiger partial charge in [0, 0.05) is 29.9 Å². The minimum atomic E-state index is -3.57. The van der Waals surface area contributed by atoms with Gasteiger partial charge in [0.05, 0.1) is 4.90 Å². The van der Waals surface area contributed by atoms with E-state index in [0.29, 0.717) is 35.7 Å². The molecule has 0 aliphatic heterocycles. The molecule has 9 heteroatoms. The number of hydrogen-bond donors (Lipinski definition) is 1. The van der Waals surface area contributed by atoms with Crippen LogP contribution in [0.1, 0.15) is 29.8 Å². The summed E-state index contributed by atoms with van der Waals surface area (Å²) in [5.41, 5.74) is 1.21. The summed E-state index contributed by atoms with van der Waals surface area (Å²) in [6, 6.07) is 17.5. The van der Waals surface area contributed by atoms with Crippen LogP contribution in [-0.2, 0) is 14.8 Å². The molecule has 34 heavy (non-hydrogen) atoms. The van der Waals surface area contributed by atoms with Crippen molar-refractivity contribution in [1.82, 2.24) is 4.31 Å². The van der Waals surface area contributed by atoms with Crippen molar-refractivity contribution in [2.75, 3.05) is 25.0 Å². The third kappa shape index (κ3) is 6.06. The highest BCUT2D eigenvalue weighted by molar-refractivity contribution is 7.89. The third-order valence-electron chi connectivity index (χ3n) is 5.07. The van der Waals surface area contributed by atoms with E-state index >= 15 is 0 Å². The maximum atomic E-state index is 13.0. The summed E-state index contributed by atoms with van der Waals surface area (Å²) in [5.74, 6) is -0.702. The van der Waals surface area contributed by atoms with E-state index in [1.165, 1.54) is 52.8 Å². The Morgan fingerprint density at radius 3 is 1.91 bits per heavy atom. The number of amides is 1. The van der Waals surface area contributed by atoms with Crippen LogP contribution in [0.4, 0.5) is 10.1 Å². The van der Waals surface area contributed by atoms with Gasteiger partial charge in [0.25, 0.3) is 5.91 Å². The van der Waals surface area contributed by atoms with E-state index in [1.807, 2.05) is 0 Å². The van der Waals surface area contributed by atoms with Gasteiger partial charge >= 0.3 is 0 Å². The van der Waals surface area contributed by atoms with Gasteiger partial charge in [-0.15, -0.1) is 0 Å². The first-order valence-corrected chi connectivity index (χ1v) is 12.1. The maximum Gasteiger partial charge on any atom is 0.262 e. The summed E-state index contributed by atoms with van der Waals surface area (Å²) in [6.07, 6.45) is 0. The van der Waals surface area contributed by atoms with Gasteiger partial charge in [-0.3, -0.25) is 9.59 Å². The molecule has 1 N–H and O–H groups in total. The van der Waals surface area contributed by atoms with E-state index in [2.05, 4.69) is 5.32 Å². The number of carbonyl (C=O) groups excluding carboxylic acids is 2. The third-order valence-corrected chi connectivity index (χ3v) is 7.14. The lowest BCUT2D eigenvalue weighted by Crippen LogP contribution is -2.30. The summed E-state index contributed by atoms with van der Waals surface area (Å²) in [7, 11) is -3.57. The maximum absolute atomic E-state index is 13.0. The van der Waals surface area contributed by atoms with Gasteiger partial charge in [0.2, 0.25) is 10.0 Å². The number of halogens is 1. The molecule has 0 spiro atoms. The van der Waals surface area contributed by atoms with Crippen molar-refractivity contribution < 1.29 is 27.1 Å². The molecule has 0 aliphatic carbocycles. The van der Waals surface area contributed by atoms with Crippen LogP contribution < -0.4 is 10.1 Å². The minimum Gasteiger partial charge on any atom is -0.484 e. The van der Waals surface area contributed by atoms with Gasteiger partial charge in [-0.25, -0.2) is 12.8 Å². The second kappa shape index (κ2) is 11.0. The number of benzene rings is 3. The Hall–Kier alpha value is -3.56. The van der Waals surface area contributed by atoms with E-state index in [1.54, 1.807) is 38.1 Å². The molecule has 0 aliphatic rings. The normalized spacial score (nSPS) is 11.3. The first-order chi connectivity index (χ1) is 16.2. The molecule has 3 rings (SSSR count). The zero-order valence-corrected chi connectivity index (χ0v) is 19.6. The number of nitrogens with zero attached hydrogens (tertiary/aromatic N) is 1. The van der Waals surface area contributed by atoms with E-state index in [-0.39, 0.29) is 17.3 Å². The quantitative estimate of drug-likeness (QED) is 0.438. The van der Waals surface area contributed by atoms with Crippen molar-refractivity contribution in [2.45, 2.75) is 18.7 Å². The molecule has 1 amide bonds. The van der Waals surface area contributed by atoms with Crippen LogP contribution in [0.25, 0.3) is 0 Å². The SMILES string of the molecule is CCN(CC)S(=O)(=O)c1ccc(NC(=O)COc2ccc(C(=O)c3ccc(F)cc3)cc2)cc1. The van der Waals surface area contributed by atoms with Crippen molar-refractivity contribution in [3.63, 3.8) is 0 Å². The minimum absolute atomic E-state index is 0.153. The topological polar surface area (TPSA) is 92.8 Å². The van der Waals surface area contributed by atoms with Crippen molar-refractivity contribution >= 4 is 27.4 Å². The first-order valence-electron chi connectivity index (χ1n) is 10.7. The van der Waals surface area contributed by atoms with E-state index in [4.69, 9.17) is 4.74 Å². The van der Waals surface area contributed by atoms with Gasteiger partial charge in [0.1, 0.15) is 11.6 Å². The highest BCUT2D eigenvalue weighted by atomic mass is 32.2. The van der Waals surface area contributed by atoms with Gasteiger partial charge in [-0.05, 0) is 72.8 Å². The highest BCUT2D eigenvalue weighted by Gasteiger charge is 2.21. The molecule has 0 saturated carbocycles. The summed E-state index contributed by atoms with van der Waals surface area (Å²) in [4.78, 5) is 24.8. The molecule has 0 unspecified atom stereocenters. The average Bonchev–Trinajstić information content (AvgIpc) is 2.84. The van der Waals surface area contributed by atoms with E-state index in [9.17, 15) is 22.4 Å². The van der Waals surface area contributed by atoms with Crippen molar-refractivity contribution in [3.05, 3.63) is 89.7 Å². The monoisotopic (exact) mass is 484 g/mol. The molecule has 0 radical (unpaired) electrons. The molecule has 0 aromatic heterocycles. The fraction of sp³-hybridized carbons (Fsp3) is 0.200. The Morgan fingerprint density at radius 2 is 1.38 bits per heavy atom. The Bertz CT molecular complexity index is 1240. The fourth-order valence-corrected chi connectivity index (χ4v) is 4.70. The zero-order valence-electron chi connectivity index (χ0n) is 18.8. The molecule has 0 fully saturated rings. The van der Waals surface area contributed by atoms with Crippen LogP contribution in [0.2, 0.25) is 0 Å². The number of rotatable bonds is 10. The molecule has 7 nitrogen and oxygen atoms in total. The summed E-state index contributed by atoms with van der Waals surface area (Å²) >= 11 is 0. The van der Waals surface area contributed by atoms with Crippen molar-refractivity contribution in [2.24, 2.45) is 0 Å². The number of ether oxygens (including phenoxy) is 1. The van der Waals surface area contributed by atoms with E-state index < -0.39 is 21.7 Å². The fourth-order valence-electron chi connectivity index (χ4n) is 3.24. The Kier molecular flexibility index (Phi) is 8.14. The molecule has 0 atom stereocenters. The number of ketones is 1. The Morgan fingerprint density at radius 1 is 0.853 bits per heavy atom. The van der Waals surface area contributed by atoms with Crippen molar-refractivity contribution in [1.29, 1.82) is 0 Å². The van der Waals surface area contributed by atoms with Crippen LogP contribution in [0.15, 0.2) is 77.7 Å². The van der Waals surface area contributed by atoms with Crippen molar-refractivity contribution in [3.8, 4) is 5.75 Å². The molecule has 178 valence electrons. The summed E-state index contributed by atoms with van der Waals surface area (Å²) in [5, 5.41) is 2.65. The number of carbonyl (C=O) groups is 2. The van der Waals surface area contributed by atoms with Gasteiger partial charge < -0.3 is 10.1 Å². The predicted octanol–water partition coefficient (Wildman–Crippen LogP) is 4.10. The van der Waals surface area contributed by atoms with Gasteiger partial charge in [0.15, 0.2) is 12.4 Å². The summed E-state index contributed by atoms with van der Waals surface area (Å²) in [6.45, 7) is 4.01. The second-order valence-electron chi connectivity index (χ2n) is 7.31. The lowest BCUT2D eigenvalue weighted by Gasteiger charge is -2.18. The molecule has 3 aromatic carbocycles. The molecule has 0 saturated heterocycles. The Labute approximate surface area is 198 Å². The predicted molar refractivity (Wildman–Crippen MR) is 127 cm³/mol. The first kappa shape index (κ1) is 25.1. The number of nitrogens with one attached hydrogen (secondary N) is 1. The Balaban J connectivity index is 1.55.